The lowest BCUT2D eigenvalue weighted by atomic mass is 10.2. The highest BCUT2D eigenvalue weighted by Gasteiger charge is 2.25. The van der Waals surface area contributed by atoms with Gasteiger partial charge >= 0.3 is 5.69 Å². The number of nitrogens with zero attached hydrogens (tertiary/aromatic N) is 2. The fourth-order valence-corrected chi connectivity index (χ4v) is 2.41. The Labute approximate surface area is 127 Å². The number of benzene rings is 1. The van der Waals surface area contributed by atoms with Crippen LogP contribution in [0.15, 0.2) is 18.2 Å². The van der Waals surface area contributed by atoms with Crippen LogP contribution in [0.1, 0.15) is 6.92 Å². The fourth-order valence-electron chi connectivity index (χ4n) is 2.17. The molecule has 1 aliphatic heterocycles. The predicted octanol–water partition coefficient (Wildman–Crippen LogP) is 1.91. The van der Waals surface area contributed by atoms with Gasteiger partial charge in [0.25, 0.3) is 0 Å². The van der Waals surface area contributed by atoms with Crippen molar-refractivity contribution in [1.82, 2.24) is 4.90 Å². The molecule has 7 nitrogen and oxygen atoms in total. The first-order valence-corrected chi connectivity index (χ1v) is 6.94. The number of anilines is 1. The maximum Gasteiger partial charge on any atom is 0.310 e. The van der Waals surface area contributed by atoms with E-state index in [0.29, 0.717) is 26.3 Å². The highest BCUT2D eigenvalue weighted by molar-refractivity contribution is 6.33. The number of hydrogen-bond acceptors (Lipinski definition) is 5. The quantitative estimate of drug-likeness (QED) is 0.678. The van der Waals surface area contributed by atoms with Crippen molar-refractivity contribution in [2.24, 2.45) is 0 Å². The third-order valence-electron chi connectivity index (χ3n) is 3.23. The minimum Gasteiger partial charge on any atom is -0.378 e. The molecule has 1 amide bonds. The molecule has 1 heterocycles. The van der Waals surface area contributed by atoms with Crippen molar-refractivity contribution in [3.63, 3.8) is 0 Å². The molecule has 0 aliphatic carbocycles. The van der Waals surface area contributed by atoms with Crippen LogP contribution in [0, 0.1) is 10.1 Å². The molecule has 0 spiro atoms. The first-order valence-electron chi connectivity index (χ1n) is 6.56. The number of hydrogen-bond donors (Lipinski definition) is 1. The summed E-state index contributed by atoms with van der Waals surface area (Å²) in [5, 5.41) is 14.0. The van der Waals surface area contributed by atoms with Gasteiger partial charge in [-0.15, -0.1) is 0 Å². The van der Waals surface area contributed by atoms with E-state index in [1.54, 1.807) is 17.9 Å². The molecule has 0 bridgehead atoms. The molecule has 1 saturated heterocycles. The van der Waals surface area contributed by atoms with E-state index in [4.69, 9.17) is 16.3 Å². The average molecular weight is 314 g/mol. The van der Waals surface area contributed by atoms with Crippen molar-refractivity contribution in [3.05, 3.63) is 33.3 Å². The van der Waals surface area contributed by atoms with Crippen LogP contribution in [0.25, 0.3) is 0 Å². The highest BCUT2D eigenvalue weighted by Crippen LogP contribution is 2.32. The largest absolute Gasteiger partial charge is 0.378 e. The van der Waals surface area contributed by atoms with Crippen LogP contribution in [0.2, 0.25) is 5.02 Å². The van der Waals surface area contributed by atoms with Gasteiger partial charge in [0.1, 0.15) is 16.8 Å². The molecule has 1 N–H and O–H groups in total. The fraction of sp³-hybridized carbons (Fsp3) is 0.462. The van der Waals surface area contributed by atoms with Gasteiger partial charge in [0.15, 0.2) is 0 Å². The van der Waals surface area contributed by atoms with E-state index in [0.717, 1.165) is 0 Å². The Balaban J connectivity index is 2.12. The molecular weight excluding hydrogens is 298 g/mol. The predicted molar refractivity (Wildman–Crippen MR) is 78.6 cm³/mol. The minimum absolute atomic E-state index is 0.0380. The number of halogens is 1. The summed E-state index contributed by atoms with van der Waals surface area (Å²) in [5.41, 5.74) is 0.0161. The Morgan fingerprint density at radius 2 is 2.14 bits per heavy atom. The highest BCUT2D eigenvalue weighted by atomic mass is 35.5. The summed E-state index contributed by atoms with van der Waals surface area (Å²) < 4.78 is 5.19. The van der Waals surface area contributed by atoms with E-state index in [9.17, 15) is 14.9 Å². The van der Waals surface area contributed by atoms with E-state index in [1.807, 2.05) is 0 Å². The zero-order valence-electron chi connectivity index (χ0n) is 11.5. The molecule has 114 valence electrons. The molecule has 0 radical (unpaired) electrons. The van der Waals surface area contributed by atoms with Crippen LogP contribution >= 0.6 is 11.6 Å². The number of nitro benzene ring substituents is 1. The van der Waals surface area contributed by atoms with Crippen LogP contribution in [-0.4, -0.2) is 48.1 Å². The summed E-state index contributed by atoms with van der Waals surface area (Å²) in [6.45, 7) is 3.75. The number of nitro groups is 1. The van der Waals surface area contributed by atoms with Gasteiger partial charge < -0.3 is 15.0 Å². The van der Waals surface area contributed by atoms with Crippen molar-refractivity contribution < 1.29 is 14.5 Å². The lowest BCUT2D eigenvalue weighted by molar-refractivity contribution is -0.383. The number of ether oxygens (including phenoxy) is 1. The summed E-state index contributed by atoms with van der Waals surface area (Å²) in [6.07, 6.45) is 0. The molecule has 21 heavy (non-hydrogen) atoms. The Morgan fingerprint density at radius 3 is 2.76 bits per heavy atom. The first-order chi connectivity index (χ1) is 10.0. The van der Waals surface area contributed by atoms with Gasteiger partial charge in [0.05, 0.1) is 18.1 Å². The average Bonchev–Trinajstić information content (AvgIpc) is 2.47. The lowest BCUT2D eigenvalue weighted by Gasteiger charge is -2.29. The Bertz CT molecular complexity index is 546. The number of nitrogens with one attached hydrogen (secondary N) is 1. The second-order valence-electron chi connectivity index (χ2n) is 4.70. The Hall–Kier alpha value is -1.86. The smallest absolute Gasteiger partial charge is 0.310 e. The van der Waals surface area contributed by atoms with E-state index < -0.39 is 11.0 Å². The van der Waals surface area contributed by atoms with Gasteiger partial charge in [-0.2, -0.15) is 0 Å². The summed E-state index contributed by atoms with van der Waals surface area (Å²) in [5.74, 6) is -0.118. The maximum atomic E-state index is 12.3. The standard InChI is InChI=1S/C13H16ClN3O4/c1-9(13(18)16-5-7-21-8-6-16)15-11-4-2-3-10(14)12(11)17(19)20/h2-4,9,15H,5-8H2,1H3. The third-order valence-corrected chi connectivity index (χ3v) is 3.54. The molecule has 8 heteroatoms. The molecule has 1 aromatic carbocycles. The van der Waals surface area contributed by atoms with Crippen LogP contribution in [0.4, 0.5) is 11.4 Å². The molecule has 1 unspecified atom stereocenters. The first kappa shape index (κ1) is 15.5. The lowest BCUT2D eigenvalue weighted by Crippen LogP contribution is -2.47. The molecule has 1 aliphatic rings. The van der Waals surface area contributed by atoms with Crippen LogP contribution in [0.5, 0.6) is 0 Å². The third kappa shape index (κ3) is 3.62. The van der Waals surface area contributed by atoms with Gasteiger partial charge in [-0.3, -0.25) is 14.9 Å². The van der Waals surface area contributed by atoms with Gasteiger partial charge in [0.2, 0.25) is 5.91 Å². The topological polar surface area (TPSA) is 84.7 Å². The van der Waals surface area contributed by atoms with Crippen molar-refractivity contribution in [2.45, 2.75) is 13.0 Å². The van der Waals surface area contributed by atoms with E-state index in [1.165, 1.54) is 12.1 Å². The van der Waals surface area contributed by atoms with Gasteiger partial charge in [-0.05, 0) is 19.1 Å². The number of carbonyl (C=O) groups is 1. The van der Waals surface area contributed by atoms with Gasteiger partial charge in [0, 0.05) is 13.1 Å². The van der Waals surface area contributed by atoms with Crippen LogP contribution in [0.3, 0.4) is 0 Å². The van der Waals surface area contributed by atoms with Crippen molar-refractivity contribution in [3.8, 4) is 0 Å². The molecule has 1 atom stereocenters. The molecular formula is C13H16ClN3O4. The van der Waals surface area contributed by atoms with Gasteiger partial charge in [-0.25, -0.2) is 0 Å². The number of rotatable bonds is 4. The second kappa shape index (κ2) is 6.73. The molecule has 2 rings (SSSR count). The van der Waals surface area contributed by atoms with Gasteiger partial charge in [-0.1, -0.05) is 17.7 Å². The Kier molecular flexibility index (Phi) is 4.98. The zero-order chi connectivity index (χ0) is 15.4. The normalized spacial score (nSPS) is 16.4. The SMILES string of the molecule is CC(Nc1cccc(Cl)c1[N+](=O)[O-])C(=O)N1CCOCC1. The van der Waals surface area contributed by atoms with Crippen molar-refractivity contribution >= 4 is 28.9 Å². The van der Waals surface area contributed by atoms with Crippen LogP contribution in [-0.2, 0) is 9.53 Å². The van der Waals surface area contributed by atoms with Crippen LogP contribution < -0.4 is 5.32 Å². The monoisotopic (exact) mass is 313 g/mol. The molecule has 1 aromatic rings. The maximum absolute atomic E-state index is 12.3. The van der Waals surface area contributed by atoms with Crippen molar-refractivity contribution in [1.29, 1.82) is 0 Å². The number of carbonyl (C=O) groups excluding carboxylic acids is 1. The number of para-hydroxylation sites is 1. The Morgan fingerprint density at radius 1 is 1.48 bits per heavy atom. The summed E-state index contributed by atoms with van der Waals surface area (Å²) >= 11 is 5.84. The number of amides is 1. The van der Waals surface area contributed by atoms with E-state index in [2.05, 4.69) is 5.32 Å². The molecule has 1 fully saturated rings. The zero-order valence-corrected chi connectivity index (χ0v) is 12.3. The summed E-state index contributed by atoms with van der Waals surface area (Å²) in [7, 11) is 0. The molecule has 0 saturated carbocycles. The summed E-state index contributed by atoms with van der Waals surface area (Å²) in [4.78, 5) is 24.5. The second-order valence-corrected chi connectivity index (χ2v) is 5.10. The molecule has 0 aromatic heterocycles. The van der Waals surface area contributed by atoms with E-state index >= 15 is 0 Å². The number of morpholine rings is 1. The van der Waals surface area contributed by atoms with Crippen molar-refractivity contribution in [2.75, 3.05) is 31.6 Å². The van der Waals surface area contributed by atoms with E-state index in [-0.39, 0.29) is 22.3 Å². The summed E-state index contributed by atoms with van der Waals surface area (Å²) in [6, 6.07) is 4.00. The minimum atomic E-state index is -0.583.